The molecule has 36 heavy (non-hydrogen) atoms. The van der Waals surface area contributed by atoms with Gasteiger partial charge in [-0.2, -0.15) is 0 Å². The van der Waals surface area contributed by atoms with Crippen LogP contribution in [0.3, 0.4) is 0 Å². The van der Waals surface area contributed by atoms with Crippen LogP contribution >= 0.6 is 11.6 Å². The number of amides is 2. The lowest BCUT2D eigenvalue weighted by Crippen LogP contribution is -2.46. The minimum Gasteiger partial charge on any atom is -0.486 e. The Bertz CT molecular complexity index is 1260. The zero-order valence-corrected chi connectivity index (χ0v) is 20.3. The number of hydrogen-bond acceptors (Lipinski definition) is 4. The van der Waals surface area contributed by atoms with Gasteiger partial charge in [-0.25, -0.2) is 4.39 Å². The van der Waals surface area contributed by atoms with Gasteiger partial charge in [0.25, 0.3) is 5.91 Å². The highest BCUT2D eigenvalue weighted by Crippen LogP contribution is 2.37. The summed E-state index contributed by atoms with van der Waals surface area (Å²) < 4.78 is 25.1. The number of carbonyl (C=O) groups excluding carboxylic acids is 2. The molecule has 3 aromatic carbocycles. The molecule has 2 aliphatic rings. The number of benzene rings is 3. The van der Waals surface area contributed by atoms with E-state index in [-0.39, 0.29) is 11.9 Å². The molecule has 0 radical (unpaired) electrons. The summed E-state index contributed by atoms with van der Waals surface area (Å²) in [5.41, 5.74) is 1.15. The van der Waals surface area contributed by atoms with Crippen molar-refractivity contribution in [3.8, 4) is 11.5 Å². The smallest absolute Gasteiger partial charge is 0.259 e. The van der Waals surface area contributed by atoms with E-state index in [0.29, 0.717) is 46.5 Å². The monoisotopic (exact) mass is 508 g/mol. The lowest BCUT2D eigenvalue weighted by Gasteiger charge is -2.33. The van der Waals surface area contributed by atoms with E-state index in [1.54, 1.807) is 42.5 Å². The van der Waals surface area contributed by atoms with Gasteiger partial charge in [-0.3, -0.25) is 14.5 Å². The van der Waals surface area contributed by atoms with Crippen LogP contribution in [-0.4, -0.2) is 31.1 Å². The highest BCUT2D eigenvalue weighted by atomic mass is 35.5. The lowest BCUT2D eigenvalue weighted by atomic mass is 10.0. The van der Waals surface area contributed by atoms with Gasteiger partial charge in [-0.15, -0.1) is 0 Å². The molecule has 0 bridgehead atoms. The molecule has 186 valence electrons. The molecule has 0 saturated heterocycles. The zero-order chi connectivity index (χ0) is 25.1. The van der Waals surface area contributed by atoms with Crippen LogP contribution in [0, 0.1) is 5.82 Å². The Kier molecular flexibility index (Phi) is 7.09. The van der Waals surface area contributed by atoms with Crippen LogP contribution in [0.1, 0.15) is 47.6 Å². The molecule has 1 N–H and O–H groups in total. The highest BCUT2D eigenvalue weighted by molar-refractivity contribution is 6.34. The number of carbonyl (C=O) groups is 2. The first-order valence-corrected chi connectivity index (χ1v) is 12.4. The third-order valence-corrected chi connectivity index (χ3v) is 6.83. The fraction of sp³-hybridized carbons (Fsp3) is 0.286. The minimum absolute atomic E-state index is 0.0259. The predicted molar refractivity (Wildman–Crippen MR) is 135 cm³/mol. The fourth-order valence-corrected chi connectivity index (χ4v) is 4.97. The summed E-state index contributed by atoms with van der Waals surface area (Å²) in [4.78, 5) is 29.3. The molecule has 1 fully saturated rings. The maximum absolute atomic E-state index is 14.1. The maximum Gasteiger partial charge on any atom is 0.259 e. The number of fused-ring (bicyclic) bond motifs is 1. The number of halogens is 2. The second-order valence-electron chi connectivity index (χ2n) is 8.93. The summed E-state index contributed by atoms with van der Waals surface area (Å²) >= 11 is 6.57. The van der Waals surface area contributed by atoms with Crippen LogP contribution in [0.25, 0.3) is 0 Å². The zero-order valence-electron chi connectivity index (χ0n) is 19.6. The Morgan fingerprint density at radius 2 is 1.64 bits per heavy atom. The number of anilines is 1. The summed E-state index contributed by atoms with van der Waals surface area (Å²) in [7, 11) is 0. The van der Waals surface area contributed by atoms with Gasteiger partial charge in [-0.05, 0) is 60.9 Å². The fourth-order valence-electron chi connectivity index (χ4n) is 4.74. The molecular weight excluding hydrogens is 483 g/mol. The summed E-state index contributed by atoms with van der Waals surface area (Å²) in [5.74, 6) is -0.220. The predicted octanol–water partition coefficient (Wildman–Crippen LogP) is 5.70. The molecule has 5 rings (SSSR count). The number of nitrogens with one attached hydrogen (secondary N) is 1. The van der Waals surface area contributed by atoms with E-state index in [1.807, 2.05) is 0 Å². The molecule has 1 aliphatic heterocycles. The van der Waals surface area contributed by atoms with Gasteiger partial charge in [-0.1, -0.05) is 48.7 Å². The van der Waals surface area contributed by atoms with Crippen molar-refractivity contribution >= 4 is 29.1 Å². The molecule has 1 saturated carbocycles. The van der Waals surface area contributed by atoms with Gasteiger partial charge in [0, 0.05) is 11.6 Å². The molecule has 3 aromatic rings. The standard InChI is InChI=1S/C28H26ClFN2O4/c29-22-7-3-4-8-23(22)32(28(34)19-11-14-24-25(17-19)36-16-15-35-24)26(18-9-12-20(30)13-10-18)27(33)31-21-5-1-2-6-21/h3-4,7-14,17,21,26H,1-2,5-6,15-16H2,(H,31,33). The Morgan fingerprint density at radius 1 is 0.944 bits per heavy atom. The lowest BCUT2D eigenvalue weighted by molar-refractivity contribution is -0.123. The Morgan fingerprint density at radius 3 is 2.36 bits per heavy atom. The first-order valence-electron chi connectivity index (χ1n) is 12.0. The van der Waals surface area contributed by atoms with Crippen molar-refractivity contribution in [2.45, 2.75) is 37.8 Å². The molecule has 1 atom stereocenters. The largest absolute Gasteiger partial charge is 0.486 e. The van der Waals surface area contributed by atoms with E-state index < -0.39 is 17.8 Å². The van der Waals surface area contributed by atoms with Crippen molar-refractivity contribution in [2.24, 2.45) is 0 Å². The Labute approximate surface area is 214 Å². The van der Waals surface area contributed by atoms with E-state index in [4.69, 9.17) is 21.1 Å². The molecule has 6 nitrogen and oxygen atoms in total. The van der Waals surface area contributed by atoms with Crippen molar-refractivity contribution in [2.75, 3.05) is 18.1 Å². The molecule has 0 spiro atoms. The molecule has 1 aliphatic carbocycles. The molecule has 2 amide bonds. The van der Waals surface area contributed by atoms with Gasteiger partial charge in [0.2, 0.25) is 5.91 Å². The number of para-hydroxylation sites is 1. The van der Waals surface area contributed by atoms with E-state index >= 15 is 0 Å². The Hall–Kier alpha value is -3.58. The number of ether oxygens (including phenoxy) is 2. The summed E-state index contributed by atoms with van der Waals surface area (Å²) in [6, 6.07) is 16.3. The first kappa shape index (κ1) is 24.1. The van der Waals surface area contributed by atoms with Crippen LogP contribution in [0.2, 0.25) is 5.02 Å². The van der Waals surface area contributed by atoms with Crippen molar-refractivity contribution in [1.29, 1.82) is 0 Å². The number of hydrogen-bond donors (Lipinski definition) is 1. The maximum atomic E-state index is 14.1. The van der Waals surface area contributed by atoms with Crippen molar-refractivity contribution in [1.82, 2.24) is 5.32 Å². The van der Waals surface area contributed by atoms with Crippen LogP contribution in [-0.2, 0) is 4.79 Å². The van der Waals surface area contributed by atoms with Crippen molar-refractivity contribution < 1.29 is 23.5 Å². The van der Waals surface area contributed by atoms with E-state index in [9.17, 15) is 14.0 Å². The Balaban J connectivity index is 1.61. The molecule has 1 unspecified atom stereocenters. The summed E-state index contributed by atoms with van der Waals surface area (Å²) in [5, 5.41) is 3.41. The van der Waals surface area contributed by atoms with Crippen LogP contribution < -0.4 is 19.7 Å². The quantitative estimate of drug-likeness (QED) is 0.464. The van der Waals surface area contributed by atoms with E-state index in [0.717, 1.165) is 25.7 Å². The SMILES string of the molecule is O=C(NC1CCCC1)C(c1ccc(F)cc1)N(C(=O)c1ccc2c(c1)OCCO2)c1ccccc1Cl. The second kappa shape index (κ2) is 10.6. The highest BCUT2D eigenvalue weighted by Gasteiger charge is 2.36. The molecule has 0 aromatic heterocycles. The van der Waals surface area contributed by atoms with Gasteiger partial charge in [0.1, 0.15) is 25.1 Å². The summed E-state index contributed by atoms with van der Waals surface area (Å²) in [6.45, 7) is 0.806. The average Bonchev–Trinajstić information content (AvgIpc) is 3.41. The third-order valence-electron chi connectivity index (χ3n) is 6.51. The average molecular weight is 509 g/mol. The third kappa shape index (κ3) is 5.02. The van der Waals surface area contributed by atoms with Crippen molar-refractivity contribution in [3.05, 3.63) is 88.7 Å². The van der Waals surface area contributed by atoms with Crippen LogP contribution in [0.15, 0.2) is 66.7 Å². The van der Waals surface area contributed by atoms with Crippen molar-refractivity contribution in [3.63, 3.8) is 0 Å². The topological polar surface area (TPSA) is 67.9 Å². The van der Waals surface area contributed by atoms with Crippen LogP contribution in [0.4, 0.5) is 10.1 Å². The van der Waals surface area contributed by atoms with Gasteiger partial charge < -0.3 is 14.8 Å². The first-order chi connectivity index (χ1) is 17.5. The van der Waals surface area contributed by atoms with Gasteiger partial charge >= 0.3 is 0 Å². The number of rotatable bonds is 6. The normalized spacial score (nSPS) is 15.8. The van der Waals surface area contributed by atoms with E-state index in [1.165, 1.54) is 29.2 Å². The van der Waals surface area contributed by atoms with E-state index in [2.05, 4.69) is 5.32 Å². The second-order valence-corrected chi connectivity index (χ2v) is 9.34. The van der Waals surface area contributed by atoms with Gasteiger partial charge in [0.05, 0.1) is 10.7 Å². The van der Waals surface area contributed by atoms with Gasteiger partial charge in [0.15, 0.2) is 11.5 Å². The molecule has 1 heterocycles. The van der Waals surface area contributed by atoms with Crippen LogP contribution in [0.5, 0.6) is 11.5 Å². The molecule has 8 heteroatoms. The summed E-state index contributed by atoms with van der Waals surface area (Å²) in [6.07, 6.45) is 3.83. The molecular formula is C28H26ClFN2O4. The number of nitrogens with zero attached hydrogens (tertiary/aromatic N) is 1. The minimum atomic E-state index is -1.08.